The van der Waals surface area contributed by atoms with Crippen molar-refractivity contribution in [2.75, 3.05) is 19.7 Å². The molecule has 0 aliphatic heterocycles. The van der Waals surface area contributed by atoms with Crippen LogP contribution < -0.4 is 20.7 Å². The van der Waals surface area contributed by atoms with E-state index < -0.39 is 0 Å². The van der Waals surface area contributed by atoms with Crippen LogP contribution >= 0.6 is 0 Å². The van der Waals surface area contributed by atoms with Gasteiger partial charge in [-0.2, -0.15) is 0 Å². The molecule has 0 saturated heterocycles. The van der Waals surface area contributed by atoms with Crippen LogP contribution in [0.15, 0.2) is 23.3 Å². The van der Waals surface area contributed by atoms with Gasteiger partial charge >= 0.3 is 0 Å². The lowest BCUT2D eigenvalue weighted by molar-refractivity contribution is -0.121. The summed E-state index contributed by atoms with van der Waals surface area (Å²) < 4.78 is 5.38. The summed E-state index contributed by atoms with van der Waals surface area (Å²) >= 11 is 0. The van der Waals surface area contributed by atoms with Crippen LogP contribution in [0.4, 0.5) is 0 Å². The monoisotopic (exact) mass is 335 g/mol. The van der Waals surface area contributed by atoms with E-state index in [9.17, 15) is 4.79 Å². The topological polar surface area (TPSA) is 87.6 Å². The van der Waals surface area contributed by atoms with Gasteiger partial charge in [0.15, 0.2) is 5.96 Å². The first kappa shape index (κ1) is 19.7. The number of nitrogens with zero attached hydrogens (tertiary/aromatic N) is 2. The van der Waals surface area contributed by atoms with Crippen LogP contribution in [0.3, 0.4) is 0 Å². The van der Waals surface area contributed by atoms with Crippen molar-refractivity contribution in [3.63, 3.8) is 0 Å². The molecule has 0 saturated carbocycles. The Labute approximate surface area is 144 Å². The summed E-state index contributed by atoms with van der Waals surface area (Å²) in [6, 6.07) is 3.75. The molecule has 1 amide bonds. The van der Waals surface area contributed by atoms with E-state index in [1.807, 2.05) is 46.8 Å². The number of rotatable bonds is 7. The third-order valence-corrected chi connectivity index (χ3v) is 2.79. The molecule has 3 N–H and O–H groups in total. The highest BCUT2D eigenvalue weighted by Gasteiger charge is 2.13. The molecule has 7 heteroatoms. The molecule has 1 rings (SSSR count). The minimum Gasteiger partial charge on any atom is -0.478 e. The molecule has 7 nitrogen and oxygen atoms in total. The Kier molecular flexibility index (Phi) is 8.01. The van der Waals surface area contributed by atoms with Crippen molar-refractivity contribution in [1.29, 1.82) is 0 Å². The number of carbonyl (C=O) groups is 1. The van der Waals surface area contributed by atoms with Crippen molar-refractivity contribution in [1.82, 2.24) is 20.9 Å². The van der Waals surface area contributed by atoms with Crippen molar-refractivity contribution < 1.29 is 9.53 Å². The fourth-order valence-electron chi connectivity index (χ4n) is 1.91. The average molecular weight is 335 g/mol. The Morgan fingerprint density at radius 3 is 2.67 bits per heavy atom. The van der Waals surface area contributed by atoms with Crippen LogP contribution in [-0.2, 0) is 11.3 Å². The summed E-state index contributed by atoms with van der Waals surface area (Å²) in [7, 11) is 0. The molecule has 0 spiro atoms. The van der Waals surface area contributed by atoms with Gasteiger partial charge in [0.2, 0.25) is 11.8 Å². The van der Waals surface area contributed by atoms with Crippen molar-refractivity contribution in [2.24, 2.45) is 4.99 Å². The number of amides is 1. The van der Waals surface area contributed by atoms with Gasteiger partial charge in [-0.1, -0.05) is 0 Å². The predicted molar refractivity (Wildman–Crippen MR) is 96.1 cm³/mol. The van der Waals surface area contributed by atoms with E-state index in [2.05, 4.69) is 25.9 Å². The van der Waals surface area contributed by atoms with Crippen molar-refractivity contribution >= 4 is 11.9 Å². The summed E-state index contributed by atoms with van der Waals surface area (Å²) in [6.07, 6.45) is 1.70. The lowest BCUT2D eigenvalue weighted by Gasteiger charge is -2.21. The fraction of sp³-hybridized carbons (Fsp3) is 0.588. The Bertz CT molecular complexity index is 552. The third kappa shape index (κ3) is 8.36. The van der Waals surface area contributed by atoms with Crippen LogP contribution in [0, 0.1) is 0 Å². The zero-order valence-electron chi connectivity index (χ0n) is 15.3. The van der Waals surface area contributed by atoms with Crippen LogP contribution in [-0.4, -0.2) is 42.1 Å². The Balaban J connectivity index is 2.62. The SMILES string of the molecule is CCNC(=NCc1ccnc(OCC)c1)NCC(=O)NC(C)(C)C. The number of nitrogens with one attached hydrogen (secondary N) is 3. The molecule has 0 fully saturated rings. The van der Waals surface area contributed by atoms with Crippen molar-refractivity contribution in [3.05, 3.63) is 23.9 Å². The molecule has 1 aromatic heterocycles. The van der Waals surface area contributed by atoms with Gasteiger partial charge < -0.3 is 20.7 Å². The summed E-state index contributed by atoms with van der Waals surface area (Å²) in [4.78, 5) is 20.5. The van der Waals surface area contributed by atoms with Gasteiger partial charge in [0.05, 0.1) is 19.7 Å². The highest BCUT2D eigenvalue weighted by Crippen LogP contribution is 2.10. The first-order valence-corrected chi connectivity index (χ1v) is 8.25. The molecular formula is C17H29N5O2. The summed E-state index contributed by atoms with van der Waals surface area (Å²) in [5, 5.41) is 9.06. The van der Waals surface area contributed by atoms with Crippen molar-refractivity contribution in [3.8, 4) is 5.88 Å². The maximum absolute atomic E-state index is 11.9. The first-order chi connectivity index (χ1) is 11.3. The third-order valence-electron chi connectivity index (χ3n) is 2.79. The van der Waals surface area contributed by atoms with Crippen LogP contribution in [0.2, 0.25) is 0 Å². The van der Waals surface area contributed by atoms with Gasteiger partial charge in [-0.15, -0.1) is 0 Å². The lowest BCUT2D eigenvalue weighted by Crippen LogP contribution is -2.48. The first-order valence-electron chi connectivity index (χ1n) is 8.25. The number of ether oxygens (including phenoxy) is 1. The Morgan fingerprint density at radius 2 is 2.04 bits per heavy atom. The summed E-state index contributed by atoms with van der Waals surface area (Å²) in [5.41, 5.74) is 0.742. The van der Waals surface area contributed by atoms with Crippen LogP contribution in [0.5, 0.6) is 5.88 Å². The highest BCUT2D eigenvalue weighted by atomic mass is 16.5. The predicted octanol–water partition coefficient (Wildman–Crippen LogP) is 1.45. The number of hydrogen-bond acceptors (Lipinski definition) is 4. The standard InChI is InChI=1S/C17H29N5O2/c1-6-18-16(21-12-14(23)22-17(3,4)5)20-11-13-8-9-19-15(10-13)24-7-2/h8-10H,6-7,11-12H2,1-5H3,(H,22,23)(H2,18,20,21). The summed E-state index contributed by atoms with van der Waals surface area (Å²) in [5.74, 6) is 1.11. The van der Waals surface area contributed by atoms with Gasteiger partial charge in [0.25, 0.3) is 0 Å². The number of carbonyl (C=O) groups excluding carboxylic acids is 1. The Morgan fingerprint density at radius 1 is 1.29 bits per heavy atom. The normalized spacial score (nSPS) is 11.8. The molecule has 0 aliphatic rings. The molecule has 0 atom stereocenters. The van der Waals surface area contributed by atoms with E-state index in [0.29, 0.717) is 31.5 Å². The second kappa shape index (κ2) is 9.75. The largest absolute Gasteiger partial charge is 0.478 e. The molecular weight excluding hydrogens is 306 g/mol. The maximum atomic E-state index is 11.9. The van der Waals surface area contributed by atoms with Crippen LogP contribution in [0.25, 0.3) is 0 Å². The number of aliphatic imine (C=N–C) groups is 1. The van der Waals surface area contributed by atoms with E-state index in [1.165, 1.54) is 0 Å². The molecule has 0 bridgehead atoms. The number of guanidine groups is 1. The van der Waals surface area contributed by atoms with E-state index in [-0.39, 0.29) is 18.0 Å². The van der Waals surface area contributed by atoms with E-state index in [0.717, 1.165) is 5.56 Å². The molecule has 0 radical (unpaired) electrons. The van der Waals surface area contributed by atoms with Gasteiger partial charge in [0, 0.05) is 24.3 Å². The van der Waals surface area contributed by atoms with E-state index >= 15 is 0 Å². The Hall–Kier alpha value is -2.31. The zero-order valence-corrected chi connectivity index (χ0v) is 15.3. The molecule has 0 aliphatic carbocycles. The average Bonchev–Trinajstić information content (AvgIpc) is 2.49. The number of hydrogen-bond donors (Lipinski definition) is 3. The summed E-state index contributed by atoms with van der Waals surface area (Å²) in [6.45, 7) is 11.7. The lowest BCUT2D eigenvalue weighted by atomic mass is 10.1. The quantitative estimate of drug-likeness (QED) is 0.518. The van der Waals surface area contributed by atoms with E-state index in [1.54, 1.807) is 6.20 Å². The molecule has 0 aromatic carbocycles. The smallest absolute Gasteiger partial charge is 0.239 e. The molecule has 134 valence electrons. The molecule has 1 aromatic rings. The highest BCUT2D eigenvalue weighted by molar-refractivity contribution is 5.86. The van der Waals surface area contributed by atoms with E-state index in [4.69, 9.17) is 4.74 Å². The van der Waals surface area contributed by atoms with Crippen molar-refractivity contribution in [2.45, 2.75) is 46.7 Å². The molecule has 24 heavy (non-hydrogen) atoms. The van der Waals surface area contributed by atoms with Crippen LogP contribution in [0.1, 0.15) is 40.2 Å². The van der Waals surface area contributed by atoms with Gasteiger partial charge in [-0.05, 0) is 46.2 Å². The fourth-order valence-corrected chi connectivity index (χ4v) is 1.91. The number of aromatic nitrogens is 1. The molecule has 0 unspecified atom stereocenters. The zero-order chi connectivity index (χ0) is 18.0. The minimum absolute atomic E-state index is 0.0735. The van der Waals surface area contributed by atoms with Gasteiger partial charge in [-0.25, -0.2) is 9.98 Å². The van der Waals surface area contributed by atoms with Gasteiger partial charge in [-0.3, -0.25) is 4.79 Å². The van der Waals surface area contributed by atoms with Gasteiger partial charge in [0.1, 0.15) is 0 Å². The molecule has 1 heterocycles. The maximum Gasteiger partial charge on any atom is 0.239 e. The minimum atomic E-state index is -0.249. The number of pyridine rings is 1. The second-order valence-corrected chi connectivity index (χ2v) is 6.28. The second-order valence-electron chi connectivity index (χ2n) is 6.28.